The van der Waals surface area contributed by atoms with E-state index in [2.05, 4.69) is 23.8 Å². The molecule has 1 aliphatic rings. The van der Waals surface area contributed by atoms with Gasteiger partial charge in [-0.15, -0.1) is 11.3 Å². The fourth-order valence-electron chi connectivity index (χ4n) is 4.63. The first-order chi connectivity index (χ1) is 17.9. The van der Waals surface area contributed by atoms with Crippen LogP contribution in [0, 0.1) is 5.92 Å². The number of aromatic nitrogens is 1. The topological polar surface area (TPSA) is 63.9 Å². The summed E-state index contributed by atoms with van der Waals surface area (Å²) in [5.74, 6) is 1.43. The molecule has 0 N–H and O–H groups in total. The van der Waals surface area contributed by atoms with Gasteiger partial charge in [-0.3, -0.25) is 0 Å². The molecule has 3 aromatic rings. The van der Waals surface area contributed by atoms with E-state index < -0.39 is 10.0 Å². The number of ether oxygens (including phenoxy) is 1. The molecule has 0 bridgehead atoms. The maximum absolute atomic E-state index is 13.2. The lowest BCUT2D eigenvalue weighted by atomic mass is 10.0. The van der Waals surface area contributed by atoms with Crippen molar-refractivity contribution in [2.45, 2.75) is 70.7 Å². The molecule has 1 fully saturated rings. The molecule has 0 saturated carbocycles. The highest BCUT2D eigenvalue weighted by molar-refractivity contribution is 7.89. The minimum absolute atomic E-state index is 0.370. The zero-order valence-corrected chi connectivity index (χ0v) is 23.9. The summed E-state index contributed by atoms with van der Waals surface area (Å²) in [5, 5.41) is 2.13. The number of benzene rings is 2. The molecular formula is C29H39N3O3S2. The van der Waals surface area contributed by atoms with E-state index in [1.165, 1.54) is 19.3 Å². The Morgan fingerprint density at radius 1 is 0.973 bits per heavy atom. The summed E-state index contributed by atoms with van der Waals surface area (Å²) < 4.78 is 35.8. The largest absolute Gasteiger partial charge is 0.494 e. The van der Waals surface area contributed by atoms with Gasteiger partial charge in [-0.05, 0) is 74.1 Å². The molecule has 2 heterocycles. The first-order valence-electron chi connectivity index (χ1n) is 13.5. The molecule has 1 aromatic heterocycles. The Balaban J connectivity index is 1.62. The molecule has 1 saturated heterocycles. The maximum Gasteiger partial charge on any atom is 0.243 e. The van der Waals surface area contributed by atoms with Gasteiger partial charge in [-0.2, -0.15) is 4.31 Å². The van der Waals surface area contributed by atoms with Crippen LogP contribution in [0.15, 0.2) is 63.8 Å². The number of sulfonamides is 1. The van der Waals surface area contributed by atoms with Crippen LogP contribution in [0.1, 0.15) is 59.3 Å². The van der Waals surface area contributed by atoms with Crippen LogP contribution >= 0.6 is 11.3 Å². The van der Waals surface area contributed by atoms with Crippen LogP contribution in [-0.2, 0) is 16.6 Å². The minimum Gasteiger partial charge on any atom is -0.494 e. The molecule has 1 aliphatic heterocycles. The molecular weight excluding hydrogens is 502 g/mol. The second-order valence-corrected chi connectivity index (χ2v) is 12.5. The monoisotopic (exact) mass is 541 g/mol. The van der Waals surface area contributed by atoms with Crippen molar-refractivity contribution in [3.63, 3.8) is 0 Å². The molecule has 0 radical (unpaired) electrons. The summed E-state index contributed by atoms with van der Waals surface area (Å²) in [4.78, 5) is 6.24. The van der Waals surface area contributed by atoms with Crippen molar-refractivity contribution in [1.82, 2.24) is 8.87 Å². The van der Waals surface area contributed by atoms with Crippen molar-refractivity contribution in [2.75, 3.05) is 19.7 Å². The van der Waals surface area contributed by atoms with Crippen molar-refractivity contribution in [3.05, 3.63) is 58.7 Å². The highest BCUT2D eigenvalue weighted by Crippen LogP contribution is 2.27. The Bertz CT molecular complexity index is 1300. The number of rotatable bonds is 11. The van der Waals surface area contributed by atoms with Crippen LogP contribution in [0.4, 0.5) is 5.69 Å². The third kappa shape index (κ3) is 6.92. The van der Waals surface area contributed by atoms with Gasteiger partial charge < -0.3 is 9.30 Å². The smallest absolute Gasteiger partial charge is 0.243 e. The van der Waals surface area contributed by atoms with E-state index in [0.29, 0.717) is 30.5 Å². The minimum atomic E-state index is -3.46. The van der Waals surface area contributed by atoms with E-state index in [0.717, 1.165) is 53.3 Å². The Morgan fingerprint density at radius 3 is 2.32 bits per heavy atom. The third-order valence-corrected chi connectivity index (χ3v) is 9.71. The van der Waals surface area contributed by atoms with Gasteiger partial charge in [-0.1, -0.05) is 45.2 Å². The second kappa shape index (κ2) is 12.9. The van der Waals surface area contributed by atoms with Crippen LogP contribution in [0.25, 0.3) is 11.3 Å². The van der Waals surface area contributed by atoms with E-state index in [-0.39, 0.29) is 0 Å². The van der Waals surface area contributed by atoms with Crippen LogP contribution < -0.4 is 9.54 Å². The molecule has 0 spiro atoms. The lowest BCUT2D eigenvalue weighted by Crippen LogP contribution is -2.37. The highest BCUT2D eigenvalue weighted by Gasteiger charge is 2.28. The van der Waals surface area contributed by atoms with Crippen molar-refractivity contribution in [2.24, 2.45) is 10.9 Å². The van der Waals surface area contributed by atoms with Gasteiger partial charge in [0.1, 0.15) is 5.75 Å². The van der Waals surface area contributed by atoms with Crippen LogP contribution in [0.2, 0.25) is 0 Å². The number of hydrogen-bond acceptors (Lipinski definition) is 5. The van der Waals surface area contributed by atoms with E-state index in [1.807, 2.05) is 43.3 Å². The number of nitrogens with zero attached hydrogens (tertiary/aromatic N) is 3. The van der Waals surface area contributed by atoms with Crippen molar-refractivity contribution < 1.29 is 13.2 Å². The molecule has 0 unspecified atom stereocenters. The molecule has 8 heteroatoms. The Labute approximate surface area is 225 Å². The predicted molar refractivity (Wildman–Crippen MR) is 152 cm³/mol. The number of piperidine rings is 1. The quantitative estimate of drug-likeness (QED) is 0.249. The Hall–Kier alpha value is -2.42. The zero-order valence-electron chi connectivity index (χ0n) is 22.2. The summed E-state index contributed by atoms with van der Waals surface area (Å²) in [7, 11) is -3.46. The van der Waals surface area contributed by atoms with Crippen LogP contribution in [0.5, 0.6) is 5.75 Å². The standard InChI is InChI=1S/C29H39N3O3S2/c1-4-6-7-8-19-32-28(22-36-29(32)30-25-11-13-26(14-12-25)35-5-2)24-9-15-27(16-10-24)37(33,34)31-20-17-23(3)18-21-31/h9-16,22-23H,4-8,17-21H2,1-3H3. The summed E-state index contributed by atoms with van der Waals surface area (Å²) in [6, 6.07) is 15.2. The van der Waals surface area contributed by atoms with Crippen molar-refractivity contribution in [3.8, 4) is 17.0 Å². The lowest BCUT2D eigenvalue weighted by molar-refractivity contribution is 0.288. The first kappa shape index (κ1) is 27.6. The maximum atomic E-state index is 13.2. The van der Waals surface area contributed by atoms with E-state index in [4.69, 9.17) is 9.73 Å². The molecule has 2 aromatic carbocycles. The van der Waals surface area contributed by atoms with Gasteiger partial charge in [0.25, 0.3) is 0 Å². The summed E-state index contributed by atoms with van der Waals surface area (Å²) in [5.41, 5.74) is 2.96. The van der Waals surface area contributed by atoms with Crippen molar-refractivity contribution >= 4 is 27.0 Å². The number of hydrogen-bond donors (Lipinski definition) is 0. The highest BCUT2D eigenvalue weighted by atomic mass is 32.2. The first-order valence-corrected chi connectivity index (χ1v) is 15.8. The van der Waals surface area contributed by atoms with Gasteiger partial charge in [-0.25, -0.2) is 13.4 Å². The molecule has 37 heavy (non-hydrogen) atoms. The molecule has 0 atom stereocenters. The van der Waals surface area contributed by atoms with E-state index in [9.17, 15) is 8.42 Å². The number of unbranched alkanes of at least 4 members (excludes halogenated alkanes) is 3. The van der Waals surface area contributed by atoms with Gasteiger partial charge in [0.15, 0.2) is 4.80 Å². The summed E-state index contributed by atoms with van der Waals surface area (Å²) in [6.45, 7) is 9.10. The summed E-state index contributed by atoms with van der Waals surface area (Å²) in [6.07, 6.45) is 6.50. The van der Waals surface area contributed by atoms with Gasteiger partial charge in [0.2, 0.25) is 10.0 Å². The molecule has 0 amide bonds. The van der Waals surface area contributed by atoms with Crippen LogP contribution in [-0.4, -0.2) is 37.0 Å². The molecule has 200 valence electrons. The third-order valence-electron chi connectivity index (χ3n) is 6.94. The van der Waals surface area contributed by atoms with E-state index in [1.54, 1.807) is 27.8 Å². The fraction of sp³-hybridized carbons (Fsp3) is 0.483. The molecule has 6 nitrogen and oxygen atoms in total. The Morgan fingerprint density at radius 2 is 1.68 bits per heavy atom. The SMILES string of the molecule is CCCCCCn1c(-c2ccc(S(=O)(=O)N3CCC(C)CC3)cc2)csc1=Nc1ccc(OCC)cc1. The molecule has 0 aliphatic carbocycles. The zero-order chi connectivity index (χ0) is 26.3. The van der Waals surface area contributed by atoms with Gasteiger partial charge in [0.05, 0.1) is 22.9 Å². The Kier molecular flexibility index (Phi) is 9.62. The second-order valence-electron chi connectivity index (χ2n) is 9.77. The normalized spacial score (nSPS) is 15.8. The average molecular weight is 542 g/mol. The average Bonchev–Trinajstić information content (AvgIpc) is 3.30. The lowest BCUT2D eigenvalue weighted by Gasteiger charge is -2.29. The van der Waals surface area contributed by atoms with E-state index >= 15 is 0 Å². The van der Waals surface area contributed by atoms with Crippen molar-refractivity contribution in [1.29, 1.82) is 0 Å². The van der Waals surface area contributed by atoms with Gasteiger partial charge >= 0.3 is 0 Å². The van der Waals surface area contributed by atoms with Gasteiger partial charge in [0, 0.05) is 25.0 Å². The fourth-order valence-corrected chi connectivity index (χ4v) is 7.05. The predicted octanol–water partition coefficient (Wildman–Crippen LogP) is 6.85. The summed E-state index contributed by atoms with van der Waals surface area (Å²) >= 11 is 1.62. The number of thiazole rings is 1. The molecule has 4 rings (SSSR count). The van der Waals surface area contributed by atoms with Crippen LogP contribution in [0.3, 0.4) is 0 Å².